The molecular formula is C16H11FN6O2S. The largest absolute Gasteiger partial charge is 0.364 e. The van der Waals surface area contributed by atoms with Gasteiger partial charge >= 0.3 is 0 Å². The van der Waals surface area contributed by atoms with Gasteiger partial charge in [0.15, 0.2) is 5.13 Å². The number of anilines is 1. The summed E-state index contributed by atoms with van der Waals surface area (Å²) in [5.41, 5.74) is 7.61. The summed E-state index contributed by atoms with van der Waals surface area (Å²) in [5, 5.41) is 4.69. The molecule has 0 saturated carbocycles. The highest BCUT2D eigenvalue weighted by molar-refractivity contribution is 7.14. The number of carbonyl (C=O) groups is 2. The number of hydrogen-bond donors (Lipinski definition) is 4. The zero-order chi connectivity index (χ0) is 18.3. The Balaban J connectivity index is 1.59. The Hall–Kier alpha value is -3.53. The lowest BCUT2D eigenvalue weighted by Crippen LogP contribution is -2.12. The van der Waals surface area contributed by atoms with Gasteiger partial charge in [-0.05, 0) is 18.2 Å². The van der Waals surface area contributed by atoms with E-state index in [0.717, 1.165) is 6.07 Å². The molecule has 0 bridgehead atoms. The van der Waals surface area contributed by atoms with Crippen LogP contribution in [0.4, 0.5) is 9.52 Å². The molecule has 0 aliphatic carbocycles. The number of aromatic nitrogens is 4. The number of halogens is 1. The van der Waals surface area contributed by atoms with Gasteiger partial charge in [-0.2, -0.15) is 0 Å². The molecule has 2 amide bonds. The Morgan fingerprint density at radius 2 is 2.08 bits per heavy atom. The quantitative estimate of drug-likeness (QED) is 0.440. The van der Waals surface area contributed by atoms with Crippen molar-refractivity contribution in [2.24, 2.45) is 5.73 Å². The highest BCUT2D eigenvalue weighted by atomic mass is 32.1. The first-order chi connectivity index (χ1) is 12.5. The number of imidazole rings is 1. The van der Waals surface area contributed by atoms with Crippen LogP contribution in [0.25, 0.3) is 22.3 Å². The maximum atomic E-state index is 13.7. The third-order valence-corrected chi connectivity index (χ3v) is 4.46. The van der Waals surface area contributed by atoms with Crippen molar-refractivity contribution in [3.05, 3.63) is 53.2 Å². The minimum Gasteiger partial charge on any atom is -0.364 e. The summed E-state index contributed by atoms with van der Waals surface area (Å²) in [6.07, 6.45) is 2.99. The molecule has 0 unspecified atom stereocenters. The SMILES string of the molecule is NC(=O)c1cc(-c2csc(NC(=O)c3cc(F)cc4[nH]cnc34)n2)c[nH]1. The number of carbonyl (C=O) groups excluding carboxylic acids is 2. The van der Waals surface area contributed by atoms with Gasteiger partial charge in [0.2, 0.25) is 0 Å². The van der Waals surface area contributed by atoms with Gasteiger partial charge in [0.05, 0.1) is 23.1 Å². The summed E-state index contributed by atoms with van der Waals surface area (Å²) in [6, 6.07) is 3.96. The monoisotopic (exact) mass is 370 g/mol. The Morgan fingerprint density at radius 1 is 1.23 bits per heavy atom. The number of H-pyrrole nitrogens is 2. The number of primary amides is 1. The van der Waals surface area contributed by atoms with Crippen LogP contribution in [0.2, 0.25) is 0 Å². The number of fused-ring (bicyclic) bond motifs is 1. The van der Waals surface area contributed by atoms with Crippen LogP contribution in [0.5, 0.6) is 0 Å². The molecule has 0 radical (unpaired) electrons. The predicted molar refractivity (Wildman–Crippen MR) is 94.4 cm³/mol. The number of benzene rings is 1. The Bertz CT molecular complexity index is 1140. The molecule has 8 nitrogen and oxygen atoms in total. The number of nitrogens with two attached hydrogens (primary N) is 1. The summed E-state index contributed by atoms with van der Waals surface area (Å²) < 4.78 is 13.7. The molecule has 5 N–H and O–H groups in total. The number of thiazole rings is 1. The van der Waals surface area contributed by atoms with Gasteiger partial charge in [-0.25, -0.2) is 14.4 Å². The van der Waals surface area contributed by atoms with Gasteiger partial charge in [0, 0.05) is 17.1 Å². The summed E-state index contributed by atoms with van der Waals surface area (Å²) in [7, 11) is 0. The maximum Gasteiger partial charge on any atom is 0.265 e. The fourth-order valence-corrected chi connectivity index (χ4v) is 3.22. The van der Waals surface area contributed by atoms with Gasteiger partial charge in [0.25, 0.3) is 11.8 Å². The number of rotatable bonds is 4. The number of amides is 2. The van der Waals surface area contributed by atoms with Gasteiger partial charge in [0.1, 0.15) is 17.0 Å². The van der Waals surface area contributed by atoms with Crippen LogP contribution < -0.4 is 11.1 Å². The van der Waals surface area contributed by atoms with Gasteiger partial charge in [-0.3, -0.25) is 14.9 Å². The van der Waals surface area contributed by atoms with E-state index in [1.807, 2.05) is 0 Å². The van der Waals surface area contributed by atoms with E-state index < -0.39 is 17.6 Å². The van der Waals surface area contributed by atoms with E-state index in [-0.39, 0.29) is 11.3 Å². The Labute approximate surface area is 149 Å². The highest BCUT2D eigenvalue weighted by Crippen LogP contribution is 2.26. The molecule has 0 fully saturated rings. The molecule has 4 aromatic rings. The fourth-order valence-electron chi connectivity index (χ4n) is 2.50. The first-order valence-electron chi connectivity index (χ1n) is 7.39. The van der Waals surface area contributed by atoms with Crippen LogP contribution in [0.1, 0.15) is 20.8 Å². The summed E-state index contributed by atoms with van der Waals surface area (Å²) >= 11 is 1.20. The van der Waals surface area contributed by atoms with Crippen molar-refractivity contribution in [3.8, 4) is 11.3 Å². The molecule has 4 rings (SSSR count). The molecule has 0 aliphatic heterocycles. The van der Waals surface area contributed by atoms with Crippen molar-refractivity contribution >= 4 is 39.3 Å². The lowest BCUT2D eigenvalue weighted by molar-refractivity contribution is 0.0994. The van der Waals surface area contributed by atoms with Crippen molar-refractivity contribution in [1.82, 2.24) is 19.9 Å². The molecule has 0 saturated heterocycles. The molecule has 0 aliphatic rings. The summed E-state index contributed by atoms with van der Waals surface area (Å²) in [4.78, 5) is 37.5. The molecule has 10 heteroatoms. The molecule has 3 heterocycles. The van der Waals surface area contributed by atoms with Crippen molar-refractivity contribution in [2.75, 3.05) is 5.32 Å². The van der Waals surface area contributed by atoms with E-state index in [2.05, 4.69) is 25.3 Å². The summed E-state index contributed by atoms with van der Waals surface area (Å²) in [6.45, 7) is 0. The number of nitrogens with zero attached hydrogens (tertiary/aromatic N) is 2. The van der Waals surface area contributed by atoms with E-state index in [9.17, 15) is 14.0 Å². The highest BCUT2D eigenvalue weighted by Gasteiger charge is 2.16. The van der Waals surface area contributed by atoms with Gasteiger partial charge in [-0.1, -0.05) is 0 Å². The Morgan fingerprint density at radius 3 is 2.85 bits per heavy atom. The van der Waals surface area contributed by atoms with Crippen molar-refractivity contribution in [3.63, 3.8) is 0 Å². The second-order valence-electron chi connectivity index (χ2n) is 5.41. The predicted octanol–water partition coefficient (Wildman–Crippen LogP) is 2.50. The first-order valence-corrected chi connectivity index (χ1v) is 8.27. The van der Waals surface area contributed by atoms with Crippen LogP contribution in [-0.4, -0.2) is 31.8 Å². The second kappa shape index (κ2) is 6.08. The van der Waals surface area contributed by atoms with E-state index in [4.69, 9.17) is 5.73 Å². The summed E-state index contributed by atoms with van der Waals surface area (Å²) in [5.74, 6) is -1.64. The third-order valence-electron chi connectivity index (χ3n) is 3.70. The number of nitrogens with one attached hydrogen (secondary N) is 3. The van der Waals surface area contributed by atoms with E-state index in [1.54, 1.807) is 17.6 Å². The van der Waals surface area contributed by atoms with Crippen LogP contribution >= 0.6 is 11.3 Å². The molecule has 1 aromatic carbocycles. The van der Waals surface area contributed by atoms with Crippen LogP contribution in [0, 0.1) is 5.82 Å². The fraction of sp³-hybridized carbons (Fsp3) is 0. The topological polar surface area (TPSA) is 130 Å². The standard InChI is InChI=1S/C16H11FN6O2S/c17-8-2-9(13-10(3-8)20-6-21-13)15(25)23-16-22-12(5-26-16)7-1-11(14(18)24)19-4-7/h1-6,19H,(H2,18,24)(H,20,21)(H,22,23,25). The third kappa shape index (κ3) is 2.82. The first kappa shape index (κ1) is 16.0. The van der Waals surface area contributed by atoms with Crippen molar-refractivity contribution in [1.29, 1.82) is 0 Å². The molecule has 26 heavy (non-hydrogen) atoms. The van der Waals surface area contributed by atoms with Gasteiger partial charge < -0.3 is 15.7 Å². The number of aromatic amines is 2. The zero-order valence-corrected chi connectivity index (χ0v) is 13.9. The van der Waals surface area contributed by atoms with Crippen molar-refractivity contribution in [2.45, 2.75) is 0 Å². The van der Waals surface area contributed by atoms with Crippen LogP contribution in [0.3, 0.4) is 0 Å². The lowest BCUT2D eigenvalue weighted by atomic mass is 10.1. The molecule has 130 valence electrons. The maximum absolute atomic E-state index is 13.7. The average Bonchev–Trinajstić information content (AvgIpc) is 3.33. The Kier molecular flexibility index (Phi) is 3.73. The van der Waals surface area contributed by atoms with E-state index in [1.165, 1.54) is 23.7 Å². The van der Waals surface area contributed by atoms with Crippen LogP contribution in [-0.2, 0) is 0 Å². The van der Waals surface area contributed by atoms with E-state index >= 15 is 0 Å². The number of hydrogen-bond acceptors (Lipinski definition) is 5. The molecule has 0 atom stereocenters. The van der Waals surface area contributed by atoms with E-state index in [0.29, 0.717) is 27.4 Å². The normalized spacial score (nSPS) is 11.0. The van der Waals surface area contributed by atoms with Crippen molar-refractivity contribution < 1.29 is 14.0 Å². The minimum atomic E-state index is -0.575. The smallest absolute Gasteiger partial charge is 0.265 e. The molecule has 3 aromatic heterocycles. The second-order valence-corrected chi connectivity index (χ2v) is 6.27. The minimum absolute atomic E-state index is 0.107. The zero-order valence-electron chi connectivity index (χ0n) is 13.0. The molecule has 0 spiro atoms. The average molecular weight is 370 g/mol. The lowest BCUT2D eigenvalue weighted by Gasteiger charge is -2.03. The van der Waals surface area contributed by atoms with Crippen LogP contribution in [0.15, 0.2) is 36.1 Å². The molecular weight excluding hydrogens is 359 g/mol. The van der Waals surface area contributed by atoms with Gasteiger partial charge in [-0.15, -0.1) is 11.3 Å².